The van der Waals surface area contributed by atoms with Gasteiger partial charge in [-0.15, -0.1) is 0 Å². The summed E-state index contributed by atoms with van der Waals surface area (Å²) in [7, 11) is 0. The number of alkyl halides is 1. The van der Waals surface area contributed by atoms with Gasteiger partial charge in [-0.2, -0.15) is 0 Å². The lowest BCUT2D eigenvalue weighted by molar-refractivity contribution is 0.367. The number of hydrogen-bond acceptors (Lipinski definition) is 0. The summed E-state index contributed by atoms with van der Waals surface area (Å²) in [5.41, 5.74) is 1.27. The summed E-state index contributed by atoms with van der Waals surface area (Å²) in [5.74, 6) is 1.43. The topological polar surface area (TPSA) is 0 Å². The maximum absolute atomic E-state index is 6.19. The van der Waals surface area contributed by atoms with E-state index in [1.165, 1.54) is 18.4 Å². The van der Waals surface area contributed by atoms with Crippen molar-refractivity contribution < 1.29 is 0 Å². The normalized spacial score (nSPS) is 14.8. The van der Waals surface area contributed by atoms with Crippen molar-refractivity contribution >= 4 is 27.5 Å². The second kappa shape index (κ2) is 7.34. The van der Waals surface area contributed by atoms with Crippen LogP contribution in [0, 0.1) is 11.8 Å². The molecule has 0 radical (unpaired) electrons. The maximum atomic E-state index is 6.19. The summed E-state index contributed by atoms with van der Waals surface area (Å²) in [6.07, 6.45) is 3.62. The Morgan fingerprint density at radius 1 is 1.31 bits per heavy atom. The van der Waals surface area contributed by atoms with E-state index in [0.717, 1.165) is 22.7 Å². The molecule has 0 saturated carbocycles. The van der Waals surface area contributed by atoms with Crippen molar-refractivity contribution in [1.82, 2.24) is 0 Å². The van der Waals surface area contributed by atoms with Crippen molar-refractivity contribution in [2.24, 2.45) is 11.8 Å². The van der Waals surface area contributed by atoms with Crippen molar-refractivity contribution in [3.8, 4) is 0 Å². The molecule has 2 atom stereocenters. The Hall–Kier alpha value is -0.0100. The Bertz CT molecular complexity index is 311. The molecule has 2 unspecified atom stereocenters. The molecule has 0 spiro atoms. The molecule has 0 aliphatic carbocycles. The molecule has 1 rings (SSSR count). The number of hydrogen-bond donors (Lipinski definition) is 0. The molecule has 0 saturated heterocycles. The van der Waals surface area contributed by atoms with E-state index in [1.54, 1.807) is 0 Å². The number of rotatable bonds is 6. The van der Waals surface area contributed by atoms with Gasteiger partial charge in [-0.3, -0.25) is 0 Å². The highest BCUT2D eigenvalue weighted by Crippen LogP contribution is 2.26. The van der Waals surface area contributed by atoms with E-state index in [0.29, 0.717) is 5.92 Å². The minimum Gasteiger partial charge on any atom is -0.0925 e. The summed E-state index contributed by atoms with van der Waals surface area (Å²) < 4.78 is 0. The summed E-state index contributed by atoms with van der Waals surface area (Å²) in [6.45, 7) is 4.59. The molecule has 0 fully saturated rings. The van der Waals surface area contributed by atoms with E-state index >= 15 is 0 Å². The van der Waals surface area contributed by atoms with E-state index in [4.69, 9.17) is 11.6 Å². The maximum Gasteiger partial charge on any atom is 0.0438 e. The zero-order chi connectivity index (χ0) is 12.0. The molecule has 0 aliphatic heterocycles. The van der Waals surface area contributed by atoms with Gasteiger partial charge in [0, 0.05) is 10.4 Å². The first-order chi connectivity index (χ1) is 7.69. The molecular formula is C14H20BrCl. The largest absolute Gasteiger partial charge is 0.0925 e. The van der Waals surface area contributed by atoms with Crippen molar-refractivity contribution in [3.05, 3.63) is 34.9 Å². The third-order valence-corrected chi connectivity index (χ3v) is 4.39. The zero-order valence-electron chi connectivity index (χ0n) is 10.0. The van der Waals surface area contributed by atoms with Crippen LogP contribution in [0.15, 0.2) is 24.3 Å². The quantitative estimate of drug-likeness (QED) is 0.623. The van der Waals surface area contributed by atoms with Crippen LogP contribution in [0.1, 0.15) is 32.3 Å². The van der Waals surface area contributed by atoms with E-state index in [1.807, 2.05) is 12.1 Å². The molecule has 0 aliphatic rings. The summed E-state index contributed by atoms with van der Waals surface area (Å²) in [5, 5.41) is 1.96. The minimum atomic E-state index is 0.680. The molecule has 0 bridgehead atoms. The Labute approximate surface area is 113 Å². The van der Waals surface area contributed by atoms with Crippen molar-refractivity contribution in [1.29, 1.82) is 0 Å². The minimum absolute atomic E-state index is 0.680. The molecule has 0 aromatic heterocycles. The van der Waals surface area contributed by atoms with Crippen LogP contribution in [-0.2, 0) is 6.42 Å². The molecule has 2 heteroatoms. The standard InChI is InChI=1S/C14H20BrCl/c1-3-6-11(2)13(10-15)9-12-7-4-5-8-14(12)16/h4-5,7-8,11,13H,3,6,9-10H2,1-2H3. The van der Waals surface area contributed by atoms with Gasteiger partial charge in [0.25, 0.3) is 0 Å². The van der Waals surface area contributed by atoms with Crippen LogP contribution in [0.25, 0.3) is 0 Å². The zero-order valence-corrected chi connectivity index (χ0v) is 12.4. The Kier molecular flexibility index (Phi) is 6.45. The van der Waals surface area contributed by atoms with Crippen LogP contribution in [0.4, 0.5) is 0 Å². The van der Waals surface area contributed by atoms with Crippen LogP contribution in [0.3, 0.4) is 0 Å². The lowest BCUT2D eigenvalue weighted by Gasteiger charge is -2.22. The summed E-state index contributed by atoms with van der Waals surface area (Å²) >= 11 is 9.82. The molecule has 1 aromatic carbocycles. The van der Waals surface area contributed by atoms with Gasteiger partial charge in [0.2, 0.25) is 0 Å². The predicted octanol–water partition coefficient (Wildman–Crippen LogP) is 5.33. The van der Waals surface area contributed by atoms with Gasteiger partial charge >= 0.3 is 0 Å². The van der Waals surface area contributed by atoms with Crippen LogP contribution in [0.5, 0.6) is 0 Å². The molecule has 90 valence electrons. The fraction of sp³-hybridized carbons (Fsp3) is 0.571. The van der Waals surface area contributed by atoms with Crippen molar-refractivity contribution in [2.75, 3.05) is 5.33 Å². The summed E-state index contributed by atoms with van der Waals surface area (Å²) in [4.78, 5) is 0. The van der Waals surface area contributed by atoms with Gasteiger partial charge in [-0.1, -0.05) is 72.4 Å². The highest BCUT2D eigenvalue weighted by atomic mass is 79.9. The molecule has 0 nitrogen and oxygen atoms in total. The Morgan fingerprint density at radius 2 is 2.00 bits per heavy atom. The van der Waals surface area contributed by atoms with Gasteiger partial charge in [-0.05, 0) is 29.9 Å². The average molecular weight is 304 g/mol. The van der Waals surface area contributed by atoms with Crippen LogP contribution in [0.2, 0.25) is 5.02 Å². The number of halogens is 2. The van der Waals surface area contributed by atoms with Gasteiger partial charge in [-0.25, -0.2) is 0 Å². The van der Waals surface area contributed by atoms with Gasteiger partial charge in [0.05, 0.1) is 0 Å². The Balaban J connectivity index is 2.66. The molecular weight excluding hydrogens is 284 g/mol. The fourth-order valence-corrected chi connectivity index (χ4v) is 3.13. The monoisotopic (exact) mass is 302 g/mol. The third-order valence-electron chi connectivity index (χ3n) is 3.19. The van der Waals surface area contributed by atoms with Gasteiger partial charge < -0.3 is 0 Å². The van der Waals surface area contributed by atoms with E-state index in [-0.39, 0.29) is 0 Å². The first-order valence-corrected chi connectivity index (χ1v) is 7.48. The molecule has 0 heterocycles. The van der Waals surface area contributed by atoms with Gasteiger partial charge in [0.1, 0.15) is 0 Å². The fourth-order valence-electron chi connectivity index (χ4n) is 2.05. The SMILES string of the molecule is CCCC(C)C(CBr)Cc1ccccc1Cl. The van der Waals surface area contributed by atoms with Crippen molar-refractivity contribution in [2.45, 2.75) is 33.1 Å². The lowest BCUT2D eigenvalue weighted by Crippen LogP contribution is -2.16. The summed E-state index contributed by atoms with van der Waals surface area (Å²) in [6, 6.07) is 8.17. The highest BCUT2D eigenvalue weighted by Gasteiger charge is 2.16. The average Bonchev–Trinajstić information content (AvgIpc) is 2.28. The van der Waals surface area contributed by atoms with Crippen LogP contribution >= 0.6 is 27.5 Å². The smallest absolute Gasteiger partial charge is 0.0438 e. The molecule has 16 heavy (non-hydrogen) atoms. The predicted molar refractivity (Wildman–Crippen MR) is 76.5 cm³/mol. The second-order valence-electron chi connectivity index (χ2n) is 4.48. The Morgan fingerprint density at radius 3 is 2.56 bits per heavy atom. The first-order valence-electron chi connectivity index (χ1n) is 5.98. The molecule has 0 N–H and O–H groups in total. The lowest BCUT2D eigenvalue weighted by atomic mass is 9.87. The van der Waals surface area contributed by atoms with Gasteiger partial charge in [0.15, 0.2) is 0 Å². The van der Waals surface area contributed by atoms with Crippen LogP contribution < -0.4 is 0 Å². The first kappa shape index (κ1) is 14.1. The van der Waals surface area contributed by atoms with Crippen molar-refractivity contribution in [3.63, 3.8) is 0 Å². The van der Waals surface area contributed by atoms with Crippen LogP contribution in [-0.4, -0.2) is 5.33 Å². The highest BCUT2D eigenvalue weighted by molar-refractivity contribution is 9.09. The third kappa shape index (κ3) is 4.10. The number of benzene rings is 1. The van der Waals surface area contributed by atoms with E-state index in [9.17, 15) is 0 Å². The molecule has 0 amide bonds. The van der Waals surface area contributed by atoms with E-state index < -0.39 is 0 Å². The van der Waals surface area contributed by atoms with E-state index in [2.05, 4.69) is 41.9 Å². The second-order valence-corrected chi connectivity index (χ2v) is 5.53. The molecule has 1 aromatic rings.